The quantitative estimate of drug-likeness (QED) is 0.476. The van der Waals surface area contributed by atoms with Crippen molar-refractivity contribution < 1.29 is 27.5 Å². The second kappa shape index (κ2) is 9.55. The first-order valence-corrected chi connectivity index (χ1v) is 9.92. The Morgan fingerprint density at radius 3 is 2.31 bits per heavy atom. The predicted octanol–water partition coefficient (Wildman–Crippen LogP) is 3.71. The maximum Gasteiger partial charge on any atom is 0.490 e. The van der Waals surface area contributed by atoms with Crippen molar-refractivity contribution in [3.8, 4) is 11.3 Å². The van der Waals surface area contributed by atoms with Crippen LogP contribution in [-0.4, -0.2) is 65.8 Å². The number of carboxylic acid groups (broad SMARTS) is 1. The molecule has 0 saturated carbocycles. The molecule has 4 rings (SSSR count). The highest BCUT2D eigenvalue weighted by atomic mass is 19.4. The molecular formula is C20H22F4N6O2. The lowest BCUT2D eigenvalue weighted by Gasteiger charge is -2.35. The van der Waals surface area contributed by atoms with Gasteiger partial charge in [0.15, 0.2) is 11.3 Å². The van der Waals surface area contributed by atoms with Crippen LogP contribution in [0.5, 0.6) is 0 Å². The molecule has 1 fully saturated rings. The summed E-state index contributed by atoms with van der Waals surface area (Å²) in [5.74, 6) is -3.26. The Morgan fingerprint density at radius 2 is 1.78 bits per heavy atom. The van der Waals surface area contributed by atoms with E-state index in [0.29, 0.717) is 23.4 Å². The highest BCUT2D eigenvalue weighted by molar-refractivity contribution is 5.73. The number of pyridine rings is 1. The normalized spacial score (nSPS) is 15.6. The summed E-state index contributed by atoms with van der Waals surface area (Å²) in [4.78, 5) is 28.6. The molecule has 3 aromatic rings. The fourth-order valence-electron chi connectivity index (χ4n) is 3.42. The minimum absolute atomic E-state index is 0.385. The topological polar surface area (TPSA) is 97.0 Å². The summed E-state index contributed by atoms with van der Waals surface area (Å²) in [6.07, 6.45) is 2.05. The summed E-state index contributed by atoms with van der Waals surface area (Å²) in [7, 11) is 0. The van der Waals surface area contributed by atoms with Gasteiger partial charge in [-0.2, -0.15) is 17.6 Å². The third-order valence-corrected chi connectivity index (χ3v) is 5.17. The van der Waals surface area contributed by atoms with Crippen molar-refractivity contribution in [2.75, 3.05) is 13.1 Å². The van der Waals surface area contributed by atoms with E-state index in [0.717, 1.165) is 37.1 Å². The van der Waals surface area contributed by atoms with E-state index in [9.17, 15) is 17.6 Å². The van der Waals surface area contributed by atoms with E-state index in [1.54, 1.807) is 12.3 Å². The number of aliphatic carboxylic acids is 1. The van der Waals surface area contributed by atoms with Gasteiger partial charge in [-0.25, -0.2) is 24.7 Å². The van der Waals surface area contributed by atoms with E-state index in [1.807, 2.05) is 6.33 Å². The van der Waals surface area contributed by atoms with Gasteiger partial charge < -0.3 is 14.6 Å². The van der Waals surface area contributed by atoms with E-state index in [-0.39, 0.29) is 0 Å². The van der Waals surface area contributed by atoms with Crippen molar-refractivity contribution in [3.05, 3.63) is 36.8 Å². The SMILES string of the molecule is CC(C)N1CCC(n2cnc3ncc(-c4ccc(F)nc4)nc32)CC1.O=C(O)C(F)(F)F. The summed E-state index contributed by atoms with van der Waals surface area (Å²) in [6, 6.07) is 3.97. The van der Waals surface area contributed by atoms with Crippen molar-refractivity contribution in [2.24, 2.45) is 0 Å². The standard InChI is InChI=1S/C18H21FN6.C2HF3O2/c1-12(2)24-7-5-14(6-8-24)25-11-22-17-18(25)23-15(10-21-17)13-3-4-16(19)20-9-13;3-2(4,5)1(6)7/h3-4,9-12,14H,5-8H2,1-2H3;(H,6,7). The fraction of sp³-hybridized carbons (Fsp3) is 0.450. The summed E-state index contributed by atoms with van der Waals surface area (Å²) in [6.45, 7) is 6.64. The number of piperidine rings is 1. The number of likely N-dealkylation sites (tertiary alicyclic amines) is 1. The molecule has 0 aliphatic carbocycles. The first kappa shape index (κ1) is 23.5. The second-order valence-electron chi connectivity index (χ2n) is 7.59. The molecule has 8 nitrogen and oxygen atoms in total. The van der Waals surface area contributed by atoms with Crippen molar-refractivity contribution in [1.82, 2.24) is 29.4 Å². The number of carboxylic acids is 1. The van der Waals surface area contributed by atoms with Crippen molar-refractivity contribution in [2.45, 2.75) is 44.9 Å². The van der Waals surface area contributed by atoms with E-state index in [2.05, 4.69) is 38.3 Å². The van der Waals surface area contributed by atoms with Gasteiger partial charge in [-0.3, -0.25) is 0 Å². The van der Waals surface area contributed by atoms with Gasteiger partial charge in [-0.1, -0.05) is 0 Å². The fourth-order valence-corrected chi connectivity index (χ4v) is 3.42. The zero-order valence-corrected chi connectivity index (χ0v) is 17.4. The number of fused-ring (bicyclic) bond motifs is 1. The number of imidazole rings is 1. The molecule has 32 heavy (non-hydrogen) atoms. The molecule has 0 spiro atoms. The molecule has 12 heteroatoms. The maximum absolute atomic E-state index is 13.0. The lowest BCUT2D eigenvalue weighted by atomic mass is 10.0. The Labute approximate surface area is 180 Å². The third-order valence-electron chi connectivity index (χ3n) is 5.17. The van der Waals surface area contributed by atoms with E-state index < -0.39 is 18.1 Å². The molecule has 0 amide bonds. The lowest BCUT2D eigenvalue weighted by molar-refractivity contribution is -0.192. The first-order valence-electron chi connectivity index (χ1n) is 9.92. The minimum atomic E-state index is -5.08. The van der Waals surface area contributed by atoms with Crippen LogP contribution in [0.4, 0.5) is 17.6 Å². The minimum Gasteiger partial charge on any atom is -0.475 e. The Balaban J connectivity index is 0.000000360. The number of hydrogen-bond donors (Lipinski definition) is 1. The summed E-state index contributed by atoms with van der Waals surface area (Å²) in [5.41, 5.74) is 2.86. The van der Waals surface area contributed by atoms with Crippen LogP contribution < -0.4 is 0 Å². The van der Waals surface area contributed by atoms with Crippen LogP contribution in [0.3, 0.4) is 0 Å². The Morgan fingerprint density at radius 1 is 1.12 bits per heavy atom. The monoisotopic (exact) mass is 454 g/mol. The maximum atomic E-state index is 13.0. The van der Waals surface area contributed by atoms with Gasteiger partial charge >= 0.3 is 12.1 Å². The third kappa shape index (κ3) is 5.55. The average molecular weight is 454 g/mol. The zero-order valence-electron chi connectivity index (χ0n) is 17.4. The molecule has 0 unspecified atom stereocenters. The molecule has 1 saturated heterocycles. The van der Waals surface area contributed by atoms with E-state index in [4.69, 9.17) is 14.9 Å². The van der Waals surface area contributed by atoms with Crippen LogP contribution >= 0.6 is 0 Å². The predicted molar refractivity (Wildman–Crippen MR) is 107 cm³/mol. The van der Waals surface area contributed by atoms with E-state index in [1.165, 1.54) is 12.3 Å². The van der Waals surface area contributed by atoms with Gasteiger partial charge in [0.1, 0.15) is 0 Å². The van der Waals surface area contributed by atoms with Crippen LogP contribution in [0.15, 0.2) is 30.9 Å². The second-order valence-corrected chi connectivity index (χ2v) is 7.59. The number of rotatable bonds is 3. The molecule has 172 valence electrons. The molecule has 0 bridgehead atoms. The lowest BCUT2D eigenvalue weighted by Crippen LogP contribution is -2.39. The molecule has 1 aliphatic rings. The van der Waals surface area contributed by atoms with Gasteiger partial charge in [-0.05, 0) is 38.8 Å². The molecular weight excluding hydrogens is 432 g/mol. The van der Waals surface area contributed by atoms with Crippen LogP contribution in [0.1, 0.15) is 32.7 Å². The number of hydrogen-bond acceptors (Lipinski definition) is 6. The summed E-state index contributed by atoms with van der Waals surface area (Å²) >= 11 is 0. The molecule has 1 aliphatic heterocycles. The van der Waals surface area contributed by atoms with Gasteiger partial charge in [0.25, 0.3) is 0 Å². The molecule has 3 aromatic heterocycles. The molecule has 0 aromatic carbocycles. The smallest absolute Gasteiger partial charge is 0.475 e. The van der Waals surface area contributed by atoms with Crippen molar-refractivity contribution in [1.29, 1.82) is 0 Å². The zero-order chi connectivity index (χ0) is 23.5. The van der Waals surface area contributed by atoms with Crippen LogP contribution in [0.2, 0.25) is 0 Å². The highest BCUT2D eigenvalue weighted by Crippen LogP contribution is 2.27. The Bertz CT molecular complexity index is 1060. The first-order chi connectivity index (χ1) is 15.1. The van der Waals surface area contributed by atoms with Crippen LogP contribution in [0.25, 0.3) is 22.6 Å². The van der Waals surface area contributed by atoms with Gasteiger partial charge in [0.2, 0.25) is 5.95 Å². The molecule has 1 N–H and O–H groups in total. The van der Waals surface area contributed by atoms with E-state index >= 15 is 0 Å². The number of carbonyl (C=O) groups is 1. The van der Waals surface area contributed by atoms with Crippen molar-refractivity contribution >= 4 is 17.3 Å². The summed E-state index contributed by atoms with van der Waals surface area (Å²) in [5, 5.41) is 7.12. The molecule has 0 radical (unpaired) electrons. The van der Waals surface area contributed by atoms with Crippen LogP contribution in [0, 0.1) is 5.95 Å². The summed E-state index contributed by atoms with van der Waals surface area (Å²) < 4.78 is 46.9. The average Bonchev–Trinajstić information content (AvgIpc) is 3.17. The molecule has 4 heterocycles. The Kier molecular flexibility index (Phi) is 7.02. The Hall–Kier alpha value is -3.15. The number of alkyl halides is 3. The largest absolute Gasteiger partial charge is 0.490 e. The highest BCUT2D eigenvalue weighted by Gasteiger charge is 2.38. The van der Waals surface area contributed by atoms with Gasteiger partial charge in [-0.15, -0.1) is 0 Å². The van der Waals surface area contributed by atoms with Gasteiger partial charge in [0, 0.05) is 36.9 Å². The van der Waals surface area contributed by atoms with Crippen LogP contribution in [-0.2, 0) is 4.79 Å². The van der Waals surface area contributed by atoms with Gasteiger partial charge in [0.05, 0.1) is 18.2 Å². The molecule has 0 atom stereocenters. The number of nitrogens with zero attached hydrogens (tertiary/aromatic N) is 6. The number of aromatic nitrogens is 5. The van der Waals surface area contributed by atoms with Crippen molar-refractivity contribution in [3.63, 3.8) is 0 Å². The number of halogens is 4.